The molecule has 0 aliphatic carbocycles. The first-order valence-electron chi connectivity index (χ1n) is 5.89. The van der Waals surface area contributed by atoms with E-state index in [-0.39, 0.29) is 0 Å². The number of nitrogens with zero attached hydrogens (tertiary/aromatic N) is 1. The second-order valence-electron chi connectivity index (χ2n) is 3.90. The number of anilines is 2. The molecule has 0 amide bonds. The van der Waals surface area contributed by atoms with Gasteiger partial charge in [-0.2, -0.15) is 0 Å². The number of rotatable bonds is 8. The van der Waals surface area contributed by atoms with Crippen molar-refractivity contribution in [3.05, 3.63) is 18.2 Å². The third-order valence-electron chi connectivity index (χ3n) is 2.71. The van der Waals surface area contributed by atoms with E-state index < -0.39 is 0 Å². The lowest BCUT2D eigenvalue weighted by atomic mass is 10.2. The van der Waals surface area contributed by atoms with Crippen molar-refractivity contribution in [2.75, 3.05) is 58.3 Å². The van der Waals surface area contributed by atoms with E-state index in [4.69, 9.17) is 19.9 Å². The van der Waals surface area contributed by atoms with Crippen LogP contribution in [0.1, 0.15) is 0 Å². The molecule has 0 aliphatic rings. The highest BCUT2D eigenvalue weighted by Gasteiger charge is 2.10. The standard InChI is InChI=1S/C13H22N2O3/c1-16-8-6-15(7-9-17-2)13-10-11(18-3)4-5-12(13)14/h4-5,10H,6-9,14H2,1-3H3. The lowest BCUT2D eigenvalue weighted by Crippen LogP contribution is -2.31. The molecule has 5 nitrogen and oxygen atoms in total. The molecule has 0 saturated heterocycles. The molecule has 18 heavy (non-hydrogen) atoms. The van der Waals surface area contributed by atoms with E-state index in [1.54, 1.807) is 21.3 Å². The molecule has 0 radical (unpaired) electrons. The summed E-state index contributed by atoms with van der Waals surface area (Å²) in [4.78, 5) is 2.13. The van der Waals surface area contributed by atoms with Crippen molar-refractivity contribution in [3.8, 4) is 5.75 Å². The van der Waals surface area contributed by atoms with Crippen LogP contribution in [0.5, 0.6) is 5.75 Å². The minimum absolute atomic E-state index is 0.639. The van der Waals surface area contributed by atoms with Crippen LogP contribution < -0.4 is 15.4 Å². The van der Waals surface area contributed by atoms with Gasteiger partial charge < -0.3 is 24.8 Å². The van der Waals surface area contributed by atoms with Crippen molar-refractivity contribution in [1.82, 2.24) is 0 Å². The van der Waals surface area contributed by atoms with Gasteiger partial charge in [-0.15, -0.1) is 0 Å². The molecule has 1 rings (SSSR count). The summed E-state index contributed by atoms with van der Waals surface area (Å²) >= 11 is 0. The second-order valence-corrected chi connectivity index (χ2v) is 3.90. The molecule has 0 bridgehead atoms. The molecule has 0 heterocycles. The average Bonchev–Trinajstić information content (AvgIpc) is 2.40. The normalized spacial score (nSPS) is 10.4. The third-order valence-corrected chi connectivity index (χ3v) is 2.71. The molecule has 2 N–H and O–H groups in total. The molecule has 102 valence electrons. The predicted molar refractivity (Wildman–Crippen MR) is 73.4 cm³/mol. The van der Waals surface area contributed by atoms with Crippen molar-refractivity contribution in [3.63, 3.8) is 0 Å². The first-order valence-corrected chi connectivity index (χ1v) is 5.89. The van der Waals surface area contributed by atoms with Gasteiger partial charge in [-0.3, -0.25) is 0 Å². The molecule has 1 aromatic carbocycles. The summed E-state index contributed by atoms with van der Waals surface area (Å²) in [6, 6.07) is 5.63. The van der Waals surface area contributed by atoms with Gasteiger partial charge in [0.2, 0.25) is 0 Å². The van der Waals surface area contributed by atoms with Crippen LogP contribution in [0.4, 0.5) is 11.4 Å². The fraction of sp³-hybridized carbons (Fsp3) is 0.538. The van der Waals surface area contributed by atoms with Gasteiger partial charge in [0.15, 0.2) is 0 Å². The molecule has 0 aromatic heterocycles. The predicted octanol–water partition coefficient (Wildman–Crippen LogP) is 1.38. The van der Waals surface area contributed by atoms with Crippen LogP contribution in [-0.2, 0) is 9.47 Å². The van der Waals surface area contributed by atoms with Crippen LogP contribution in [0.2, 0.25) is 0 Å². The summed E-state index contributed by atoms with van der Waals surface area (Å²) < 4.78 is 15.5. The Morgan fingerprint density at radius 2 is 1.67 bits per heavy atom. The van der Waals surface area contributed by atoms with E-state index in [0.717, 1.165) is 30.2 Å². The van der Waals surface area contributed by atoms with Crippen LogP contribution in [0.25, 0.3) is 0 Å². The lowest BCUT2D eigenvalue weighted by Gasteiger charge is -2.26. The van der Waals surface area contributed by atoms with Crippen LogP contribution in [0, 0.1) is 0 Å². The first kappa shape index (κ1) is 14.6. The molecule has 0 atom stereocenters. The Morgan fingerprint density at radius 1 is 1.06 bits per heavy atom. The van der Waals surface area contributed by atoms with E-state index in [9.17, 15) is 0 Å². The smallest absolute Gasteiger partial charge is 0.121 e. The summed E-state index contributed by atoms with van der Waals surface area (Å²) in [5, 5.41) is 0. The molecule has 0 fully saturated rings. The summed E-state index contributed by atoms with van der Waals surface area (Å²) in [6.07, 6.45) is 0. The maximum Gasteiger partial charge on any atom is 0.121 e. The molecule has 0 unspecified atom stereocenters. The molecule has 0 aliphatic heterocycles. The number of nitrogens with two attached hydrogens (primary N) is 1. The molecule has 1 aromatic rings. The fourth-order valence-electron chi connectivity index (χ4n) is 1.68. The average molecular weight is 254 g/mol. The van der Waals surface area contributed by atoms with Crippen molar-refractivity contribution < 1.29 is 14.2 Å². The topological polar surface area (TPSA) is 57.0 Å². The van der Waals surface area contributed by atoms with Gasteiger partial charge in [0, 0.05) is 33.4 Å². The fourth-order valence-corrected chi connectivity index (χ4v) is 1.68. The van der Waals surface area contributed by atoms with Gasteiger partial charge >= 0.3 is 0 Å². The largest absolute Gasteiger partial charge is 0.497 e. The summed E-state index contributed by atoms with van der Waals surface area (Å²) in [6.45, 7) is 2.80. The van der Waals surface area contributed by atoms with Crippen molar-refractivity contribution in [2.24, 2.45) is 0 Å². The molecular formula is C13H22N2O3. The van der Waals surface area contributed by atoms with E-state index in [1.165, 1.54) is 0 Å². The number of hydrogen-bond donors (Lipinski definition) is 1. The Bertz CT molecular complexity index is 350. The summed E-state index contributed by atoms with van der Waals surface area (Å²) in [5.41, 5.74) is 7.68. The Balaban J connectivity index is 2.87. The van der Waals surface area contributed by atoms with E-state index >= 15 is 0 Å². The number of methoxy groups -OCH3 is 3. The van der Waals surface area contributed by atoms with Crippen molar-refractivity contribution in [2.45, 2.75) is 0 Å². The van der Waals surface area contributed by atoms with Gasteiger partial charge in [-0.05, 0) is 12.1 Å². The highest BCUT2D eigenvalue weighted by molar-refractivity contribution is 5.69. The third kappa shape index (κ3) is 4.09. The monoisotopic (exact) mass is 254 g/mol. The van der Waals surface area contributed by atoms with E-state index in [1.807, 2.05) is 18.2 Å². The second kappa shape index (κ2) is 7.79. The first-order chi connectivity index (χ1) is 8.72. The Morgan fingerprint density at radius 3 is 2.17 bits per heavy atom. The van der Waals surface area contributed by atoms with Crippen molar-refractivity contribution in [1.29, 1.82) is 0 Å². The maximum absolute atomic E-state index is 6.01. The van der Waals surface area contributed by atoms with E-state index in [2.05, 4.69) is 4.90 Å². The van der Waals surface area contributed by atoms with Gasteiger partial charge in [0.05, 0.1) is 31.7 Å². The summed E-state index contributed by atoms with van der Waals surface area (Å²) in [5.74, 6) is 0.791. The Kier molecular flexibility index (Phi) is 6.32. The molecule has 0 spiro atoms. The number of hydrogen-bond acceptors (Lipinski definition) is 5. The van der Waals surface area contributed by atoms with Crippen molar-refractivity contribution >= 4 is 11.4 Å². The van der Waals surface area contributed by atoms with Gasteiger partial charge in [0.25, 0.3) is 0 Å². The SMILES string of the molecule is COCCN(CCOC)c1cc(OC)ccc1N. The van der Waals surface area contributed by atoms with Crippen LogP contribution in [0.15, 0.2) is 18.2 Å². The highest BCUT2D eigenvalue weighted by atomic mass is 16.5. The van der Waals surface area contributed by atoms with Gasteiger partial charge in [-0.25, -0.2) is 0 Å². The quantitative estimate of drug-likeness (QED) is 0.710. The zero-order valence-electron chi connectivity index (χ0n) is 11.3. The minimum Gasteiger partial charge on any atom is -0.497 e. The molecule has 5 heteroatoms. The summed E-state index contributed by atoms with van der Waals surface area (Å²) in [7, 11) is 5.01. The van der Waals surface area contributed by atoms with Gasteiger partial charge in [0.1, 0.15) is 5.75 Å². The van der Waals surface area contributed by atoms with Crippen LogP contribution >= 0.6 is 0 Å². The Hall–Kier alpha value is -1.46. The van der Waals surface area contributed by atoms with E-state index in [0.29, 0.717) is 13.2 Å². The Labute approximate surface area is 108 Å². The number of benzene rings is 1. The van der Waals surface area contributed by atoms with Crippen LogP contribution in [-0.4, -0.2) is 47.6 Å². The zero-order valence-corrected chi connectivity index (χ0v) is 11.3. The van der Waals surface area contributed by atoms with Crippen LogP contribution in [0.3, 0.4) is 0 Å². The molecular weight excluding hydrogens is 232 g/mol. The maximum atomic E-state index is 6.01. The zero-order chi connectivity index (χ0) is 13.4. The molecule has 0 saturated carbocycles. The van der Waals surface area contributed by atoms with Gasteiger partial charge in [-0.1, -0.05) is 0 Å². The number of ether oxygens (including phenoxy) is 3. The lowest BCUT2D eigenvalue weighted by molar-refractivity contribution is 0.190. The highest BCUT2D eigenvalue weighted by Crippen LogP contribution is 2.27. The minimum atomic E-state index is 0.639. The number of nitrogen functional groups attached to an aromatic ring is 1.